The fraction of sp³-hybridized carbons (Fsp3) is 0.941. The van der Waals surface area contributed by atoms with Gasteiger partial charge in [-0.3, -0.25) is 4.79 Å². The van der Waals surface area contributed by atoms with Crippen molar-refractivity contribution in [2.45, 2.75) is 90.0 Å². The summed E-state index contributed by atoms with van der Waals surface area (Å²) in [6.45, 7) is 3.09. The summed E-state index contributed by atoms with van der Waals surface area (Å²) in [5.74, 6) is 0.913. The zero-order valence-corrected chi connectivity index (χ0v) is 13.3. The lowest BCUT2D eigenvalue weighted by molar-refractivity contribution is -0.121. The fourth-order valence-electron chi connectivity index (χ4n) is 3.15. The molecule has 0 bridgehead atoms. The highest BCUT2D eigenvalue weighted by Crippen LogP contribution is 2.26. The zero-order valence-electron chi connectivity index (χ0n) is 13.3. The van der Waals surface area contributed by atoms with Crippen molar-refractivity contribution in [2.75, 3.05) is 6.54 Å². The highest BCUT2D eigenvalue weighted by atomic mass is 16.1. The average molecular weight is 282 g/mol. The zero-order chi connectivity index (χ0) is 14.6. The lowest BCUT2D eigenvalue weighted by atomic mass is 9.83. The van der Waals surface area contributed by atoms with E-state index in [2.05, 4.69) is 12.2 Å². The maximum absolute atomic E-state index is 11.8. The normalized spacial score (nSPS) is 22.7. The Balaban J connectivity index is 1.92. The van der Waals surface area contributed by atoms with Crippen LogP contribution in [0, 0.1) is 5.92 Å². The summed E-state index contributed by atoms with van der Waals surface area (Å²) in [5.41, 5.74) is 5.98. The Morgan fingerprint density at radius 3 is 2.65 bits per heavy atom. The topological polar surface area (TPSA) is 55.1 Å². The van der Waals surface area contributed by atoms with Gasteiger partial charge in [-0.2, -0.15) is 0 Å². The third-order valence-corrected chi connectivity index (χ3v) is 4.46. The Morgan fingerprint density at radius 1 is 1.15 bits per heavy atom. The molecule has 0 aromatic heterocycles. The standard InChI is InChI=1S/C17H34N2O/c1-2-3-4-5-6-7-13-19-17(20)12-11-15-9-8-10-16(18)14-15/h15-16H,2-14,18H2,1H3,(H,19,20). The molecule has 1 aliphatic carbocycles. The first-order valence-electron chi connectivity index (χ1n) is 8.74. The lowest BCUT2D eigenvalue weighted by Crippen LogP contribution is -2.29. The van der Waals surface area contributed by atoms with E-state index in [1.807, 2.05) is 0 Å². The monoisotopic (exact) mass is 282 g/mol. The van der Waals surface area contributed by atoms with Crippen LogP contribution in [0.15, 0.2) is 0 Å². The molecule has 0 saturated heterocycles. The molecular weight excluding hydrogens is 248 g/mol. The van der Waals surface area contributed by atoms with Gasteiger partial charge in [0.1, 0.15) is 0 Å². The van der Waals surface area contributed by atoms with Gasteiger partial charge in [0.05, 0.1) is 0 Å². The van der Waals surface area contributed by atoms with Crippen LogP contribution in [0.2, 0.25) is 0 Å². The number of nitrogens with two attached hydrogens (primary N) is 1. The Kier molecular flexibility index (Phi) is 9.73. The van der Waals surface area contributed by atoms with Crippen molar-refractivity contribution in [1.82, 2.24) is 5.32 Å². The molecule has 1 rings (SSSR count). The lowest BCUT2D eigenvalue weighted by Gasteiger charge is -2.26. The van der Waals surface area contributed by atoms with Crippen LogP contribution in [0.4, 0.5) is 0 Å². The van der Waals surface area contributed by atoms with Gasteiger partial charge >= 0.3 is 0 Å². The summed E-state index contributed by atoms with van der Waals surface area (Å²) in [4.78, 5) is 11.8. The molecule has 1 fully saturated rings. The van der Waals surface area contributed by atoms with Gasteiger partial charge in [0.15, 0.2) is 0 Å². The molecule has 20 heavy (non-hydrogen) atoms. The summed E-state index contributed by atoms with van der Waals surface area (Å²) in [6.07, 6.45) is 14.2. The molecule has 3 nitrogen and oxygen atoms in total. The molecule has 0 aromatic rings. The summed E-state index contributed by atoms with van der Waals surface area (Å²) in [6, 6.07) is 0.375. The van der Waals surface area contributed by atoms with Gasteiger partial charge in [-0.1, -0.05) is 51.9 Å². The number of unbranched alkanes of at least 4 members (excludes halogenated alkanes) is 5. The van der Waals surface area contributed by atoms with Crippen LogP contribution >= 0.6 is 0 Å². The molecule has 2 unspecified atom stereocenters. The number of hydrogen-bond acceptors (Lipinski definition) is 2. The van der Waals surface area contributed by atoms with E-state index in [0.29, 0.717) is 18.4 Å². The smallest absolute Gasteiger partial charge is 0.220 e. The third kappa shape index (κ3) is 8.57. The van der Waals surface area contributed by atoms with Crippen molar-refractivity contribution in [2.24, 2.45) is 11.7 Å². The van der Waals surface area contributed by atoms with Crippen molar-refractivity contribution < 1.29 is 4.79 Å². The molecule has 0 radical (unpaired) electrons. The van der Waals surface area contributed by atoms with Crippen molar-refractivity contribution in [3.8, 4) is 0 Å². The Morgan fingerprint density at radius 2 is 1.90 bits per heavy atom. The van der Waals surface area contributed by atoms with Crippen molar-refractivity contribution >= 4 is 5.91 Å². The van der Waals surface area contributed by atoms with Gasteiger partial charge < -0.3 is 11.1 Å². The summed E-state index contributed by atoms with van der Waals surface area (Å²) < 4.78 is 0. The number of rotatable bonds is 10. The second kappa shape index (κ2) is 11.1. The van der Waals surface area contributed by atoms with E-state index in [4.69, 9.17) is 5.73 Å². The summed E-state index contributed by atoms with van der Waals surface area (Å²) in [7, 11) is 0. The van der Waals surface area contributed by atoms with E-state index in [0.717, 1.165) is 25.8 Å². The molecule has 2 atom stereocenters. The van der Waals surface area contributed by atoms with Crippen LogP contribution in [0.5, 0.6) is 0 Å². The predicted molar refractivity (Wildman–Crippen MR) is 85.6 cm³/mol. The maximum Gasteiger partial charge on any atom is 0.220 e. The number of hydrogen-bond donors (Lipinski definition) is 2. The predicted octanol–water partition coefficient (Wildman–Crippen LogP) is 3.76. The maximum atomic E-state index is 11.8. The summed E-state index contributed by atoms with van der Waals surface area (Å²) >= 11 is 0. The van der Waals surface area contributed by atoms with Crippen LogP contribution < -0.4 is 11.1 Å². The summed E-state index contributed by atoms with van der Waals surface area (Å²) in [5, 5.41) is 3.05. The first-order valence-corrected chi connectivity index (χ1v) is 8.74. The largest absolute Gasteiger partial charge is 0.356 e. The average Bonchev–Trinajstić information content (AvgIpc) is 2.44. The Bertz CT molecular complexity index is 255. The molecule has 0 aromatic carbocycles. The molecule has 0 aliphatic heterocycles. The highest BCUT2D eigenvalue weighted by Gasteiger charge is 2.19. The second-order valence-electron chi connectivity index (χ2n) is 6.45. The van der Waals surface area contributed by atoms with Crippen LogP contribution in [0.25, 0.3) is 0 Å². The first-order chi connectivity index (χ1) is 9.72. The minimum absolute atomic E-state index is 0.234. The highest BCUT2D eigenvalue weighted by molar-refractivity contribution is 5.75. The van der Waals surface area contributed by atoms with Crippen LogP contribution in [-0.4, -0.2) is 18.5 Å². The van der Waals surface area contributed by atoms with Gasteiger partial charge in [-0.15, -0.1) is 0 Å². The molecule has 118 valence electrons. The van der Waals surface area contributed by atoms with E-state index in [9.17, 15) is 4.79 Å². The Hall–Kier alpha value is -0.570. The molecular formula is C17H34N2O. The molecule has 3 N–H and O–H groups in total. The SMILES string of the molecule is CCCCCCCCNC(=O)CCC1CCCC(N)C1. The van der Waals surface area contributed by atoms with E-state index < -0.39 is 0 Å². The third-order valence-electron chi connectivity index (χ3n) is 4.46. The van der Waals surface area contributed by atoms with Gasteiger partial charge in [-0.25, -0.2) is 0 Å². The van der Waals surface area contributed by atoms with Crippen LogP contribution in [0.1, 0.15) is 84.0 Å². The van der Waals surface area contributed by atoms with E-state index in [-0.39, 0.29) is 5.91 Å². The molecule has 0 heterocycles. The van der Waals surface area contributed by atoms with Crippen LogP contribution in [0.3, 0.4) is 0 Å². The minimum atomic E-state index is 0.234. The molecule has 0 spiro atoms. The second-order valence-corrected chi connectivity index (χ2v) is 6.45. The number of carbonyl (C=O) groups is 1. The van der Waals surface area contributed by atoms with Crippen LogP contribution in [-0.2, 0) is 4.79 Å². The van der Waals surface area contributed by atoms with E-state index in [1.54, 1.807) is 0 Å². The van der Waals surface area contributed by atoms with E-state index >= 15 is 0 Å². The van der Waals surface area contributed by atoms with Gasteiger partial charge in [0, 0.05) is 19.0 Å². The van der Waals surface area contributed by atoms with Crippen molar-refractivity contribution in [3.05, 3.63) is 0 Å². The number of carbonyl (C=O) groups excluding carboxylic acids is 1. The van der Waals surface area contributed by atoms with Gasteiger partial charge in [0.25, 0.3) is 0 Å². The molecule has 3 heteroatoms. The van der Waals surface area contributed by atoms with Crippen molar-refractivity contribution in [3.63, 3.8) is 0 Å². The first kappa shape index (κ1) is 17.5. The molecule has 1 aliphatic rings. The quantitative estimate of drug-likeness (QED) is 0.599. The van der Waals surface area contributed by atoms with Gasteiger partial charge in [0.2, 0.25) is 5.91 Å². The van der Waals surface area contributed by atoms with Gasteiger partial charge in [-0.05, 0) is 31.6 Å². The molecule has 1 amide bonds. The number of nitrogens with one attached hydrogen (secondary N) is 1. The van der Waals surface area contributed by atoms with E-state index in [1.165, 1.54) is 51.4 Å². The van der Waals surface area contributed by atoms with Crippen molar-refractivity contribution in [1.29, 1.82) is 0 Å². The minimum Gasteiger partial charge on any atom is -0.356 e. The molecule has 1 saturated carbocycles. The Labute approximate surface area is 125 Å². The fourth-order valence-corrected chi connectivity index (χ4v) is 3.15. The number of amides is 1.